The average Bonchev–Trinajstić information content (AvgIpc) is 2.26. The van der Waals surface area contributed by atoms with E-state index in [9.17, 15) is 8.42 Å². The number of aryl methyl sites for hydroxylation is 2. The van der Waals surface area contributed by atoms with E-state index in [1.807, 2.05) is 0 Å². The minimum absolute atomic E-state index is 0.130. The van der Waals surface area contributed by atoms with Crippen molar-refractivity contribution in [3.05, 3.63) is 34.9 Å². The zero-order chi connectivity index (χ0) is 13.8. The normalized spacial score (nSPS) is 12.1. The smallest absolute Gasteiger partial charge is 0.214 e. The van der Waals surface area contributed by atoms with E-state index in [0.29, 0.717) is 13.1 Å². The zero-order valence-electron chi connectivity index (χ0n) is 11.5. The molecule has 0 spiro atoms. The number of hydrogen-bond donors (Lipinski definition) is 1. The largest absolute Gasteiger partial charge is 0.312 e. The lowest BCUT2D eigenvalue weighted by Crippen LogP contribution is -2.31. The third-order valence-electron chi connectivity index (χ3n) is 2.91. The first-order valence-electron chi connectivity index (χ1n) is 6.00. The van der Waals surface area contributed by atoms with Crippen LogP contribution in [-0.4, -0.2) is 39.1 Å². The predicted molar refractivity (Wildman–Crippen MR) is 75.1 cm³/mol. The van der Waals surface area contributed by atoms with E-state index in [2.05, 4.69) is 37.4 Å². The predicted octanol–water partition coefficient (Wildman–Crippen LogP) is 1.28. The van der Waals surface area contributed by atoms with Gasteiger partial charge in [0.15, 0.2) is 0 Å². The molecular weight excluding hydrogens is 248 g/mol. The molecule has 1 rings (SSSR count). The molecule has 0 radical (unpaired) electrons. The second-order valence-corrected chi connectivity index (χ2v) is 7.01. The molecule has 5 heteroatoms. The molecule has 1 N–H and O–H groups in total. The Morgan fingerprint density at radius 2 is 1.89 bits per heavy atom. The Morgan fingerprint density at radius 1 is 1.22 bits per heavy atom. The molecule has 0 amide bonds. The van der Waals surface area contributed by atoms with Gasteiger partial charge in [0.2, 0.25) is 10.0 Å². The van der Waals surface area contributed by atoms with E-state index in [1.54, 1.807) is 14.1 Å². The Morgan fingerprint density at radius 3 is 2.44 bits per heavy atom. The van der Waals surface area contributed by atoms with E-state index in [1.165, 1.54) is 21.0 Å². The minimum atomic E-state index is -3.10. The molecule has 1 aromatic carbocycles. The molecule has 0 saturated carbocycles. The summed E-state index contributed by atoms with van der Waals surface area (Å²) < 4.78 is 24.3. The van der Waals surface area contributed by atoms with Gasteiger partial charge in [-0.2, -0.15) is 0 Å². The number of rotatable bonds is 6. The molecule has 0 aliphatic heterocycles. The van der Waals surface area contributed by atoms with Crippen LogP contribution in [0, 0.1) is 13.8 Å². The summed E-state index contributed by atoms with van der Waals surface area (Å²) in [6.45, 7) is 5.30. The molecule has 0 atom stereocenters. The second kappa shape index (κ2) is 6.31. The van der Waals surface area contributed by atoms with Crippen LogP contribution in [-0.2, 0) is 16.6 Å². The van der Waals surface area contributed by atoms with E-state index in [-0.39, 0.29) is 5.75 Å². The van der Waals surface area contributed by atoms with E-state index in [0.717, 1.165) is 0 Å². The Balaban J connectivity index is 2.43. The van der Waals surface area contributed by atoms with Crippen molar-refractivity contribution in [3.8, 4) is 0 Å². The molecule has 0 aromatic heterocycles. The molecule has 102 valence electrons. The second-order valence-electron chi connectivity index (χ2n) is 4.71. The van der Waals surface area contributed by atoms with Crippen LogP contribution in [0.15, 0.2) is 18.2 Å². The van der Waals surface area contributed by atoms with Crippen molar-refractivity contribution in [3.63, 3.8) is 0 Å². The van der Waals surface area contributed by atoms with Crippen LogP contribution in [0.5, 0.6) is 0 Å². The van der Waals surface area contributed by atoms with Gasteiger partial charge >= 0.3 is 0 Å². The van der Waals surface area contributed by atoms with E-state index < -0.39 is 10.0 Å². The molecule has 0 aliphatic carbocycles. The van der Waals surface area contributed by atoms with Gasteiger partial charge in [0, 0.05) is 27.2 Å². The number of nitrogens with zero attached hydrogens (tertiary/aromatic N) is 1. The third kappa shape index (κ3) is 4.40. The lowest BCUT2D eigenvalue weighted by Gasteiger charge is -2.12. The summed E-state index contributed by atoms with van der Waals surface area (Å²) in [5.74, 6) is 0.130. The first-order chi connectivity index (χ1) is 8.33. The summed E-state index contributed by atoms with van der Waals surface area (Å²) in [7, 11) is 0.0114. The van der Waals surface area contributed by atoms with Crippen LogP contribution in [0.2, 0.25) is 0 Å². The summed E-state index contributed by atoms with van der Waals surface area (Å²) in [4.78, 5) is 0. The van der Waals surface area contributed by atoms with Crippen LogP contribution in [0.3, 0.4) is 0 Å². The first-order valence-corrected chi connectivity index (χ1v) is 7.61. The fourth-order valence-corrected chi connectivity index (χ4v) is 2.42. The fraction of sp³-hybridized carbons (Fsp3) is 0.538. The van der Waals surface area contributed by atoms with Gasteiger partial charge in [0.1, 0.15) is 0 Å². The number of sulfonamides is 1. The Bertz CT molecular complexity index is 496. The summed E-state index contributed by atoms with van der Waals surface area (Å²) in [6, 6.07) is 6.28. The topological polar surface area (TPSA) is 49.4 Å². The van der Waals surface area contributed by atoms with Gasteiger partial charge in [-0.1, -0.05) is 23.8 Å². The molecule has 0 aliphatic rings. The van der Waals surface area contributed by atoms with Crippen molar-refractivity contribution in [1.82, 2.24) is 9.62 Å². The highest BCUT2D eigenvalue weighted by molar-refractivity contribution is 7.89. The number of benzene rings is 1. The first kappa shape index (κ1) is 15.1. The van der Waals surface area contributed by atoms with Gasteiger partial charge in [-0.25, -0.2) is 12.7 Å². The monoisotopic (exact) mass is 270 g/mol. The molecule has 1 aromatic rings. The maximum absolute atomic E-state index is 11.5. The van der Waals surface area contributed by atoms with Gasteiger partial charge < -0.3 is 5.32 Å². The standard InChI is InChI=1S/C13H22N2O2S/c1-11-5-6-13(12(2)9-11)10-14-7-8-18(16,17)15(3)4/h5-6,9,14H,7-8,10H2,1-4H3. The van der Waals surface area contributed by atoms with E-state index in [4.69, 9.17) is 0 Å². The SMILES string of the molecule is Cc1ccc(CNCCS(=O)(=O)N(C)C)c(C)c1. The highest BCUT2D eigenvalue weighted by Crippen LogP contribution is 2.09. The number of nitrogens with one attached hydrogen (secondary N) is 1. The van der Waals surface area contributed by atoms with E-state index >= 15 is 0 Å². The fourth-order valence-electron chi connectivity index (χ4n) is 1.65. The highest BCUT2D eigenvalue weighted by atomic mass is 32.2. The van der Waals surface area contributed by atoms with Crippen LogP contribution >= 0.6 is 0 Å². The molecule has 0 heterocycles. The molecule has 0 fully saturated rings. The molecule has 18 heavy (non-hydrogen) atoms. The van der Waals surface area contributed by atoms with Gasteiger partial charge in [-0.15, -0.1) is 0 Å². The minimum Gasteiger partial charge on any atom is -0.312 e. The van der Waals surface area contributed by atoms with Crippen molar-refractivity contribution in [1.29, 1.82) is 0 Å². The quantitative estimate of drug-likeness (QED) is 0.792. The number of hydrogen-bond acceptors (Lipinski definition) is 3. The van der Waals surface area contributed by atoms with Gasteiger partial charge in [-0.3, -0.25) is 0 Å². The van der Waals surface area contributed by atoms with Gasteiger partial charge in [-0.05, 0) is 25.0 Å². The van der Waals surface area contributed by atoms with Crippen LogP contribution in [0.25, 0.3) is 0 Å². The summed E-state index contributed by atoms with van der Waals surface area (Å²) in [6.07, 6.45) is 0. The molecule has 0 bridgehead atoms. The third-order valence-corrected chi connectivity index (χ3v) is 4.74. The average molecular weight is 270 g/mol. The summed E-state index contributed by atoms with van der Waals surface area (Å²) in [5.41, 5.74) is 3.69. The maximum Gasteiger partial charge on any atom is 0.214 e. The van der Waals surface area contributed by atoms with Gasteiger partial charge in [0.25, 0.3) is 0 Å². The maximum atomic E-state index is 11.5. The summed E-state index contributed by atoms with van der Waals surface area (Å²) >= 11 is 0. The summed E-state index contributed by atoms with van der Waals surface area (Å²) in [5, 5.41) is 3.17. The van der Waals surface area contributed by atoms with Gasteiger partial charge in [0.05, 0.1) is 5.75 Å². The lowest BCUT2D eigenvalue weighted by atomic mass is 10.1. The highest BCUT2D eigenvalue weighted by Gasteiger charge is 2.12. The molecule has 0 saturated heterocycles. The zero-order valence-corrected chi connectivity index (χ0v) is 12.3. The Labute approximate surface area is 110 Å². The van der Waals surface area contributed by atoms with Crippen LogP contribution in [0.4, 0.5) is 0 Å². The van der Waals surface area contributed by atoms with Crippen molar-refractivity contribution in [2.45, 2.75) is 20.4 Å². The molecule has 0 unspecified atom stereocenters. The lowest BCUT2D eigenvalue weighted by molar-refractivity contribution is 0.517. The van der Waals surface area contributed by atoms with Crippen molar-refractivity contribution in [2.75, 3.05) is 26.4 Å². The van der Waals surface area contributed by atoms with Crippen LogP contribution in [0.1, 0.15) is 16.7 Å². The van der Waals surface area contributed by atoms with Crippen molar-refractivity contribution >= 4 is 10.0 Å². The molecule has 4 nitrogen and oxygen atoms in total. The Kier molecular flexibility index (Phi) is 5.31. The van der Waals surface area contributed by atoms with Crippen molar-refractivity contribution < 1.29 is 8.42 Å². The van der Waals surface area contributed by atoms with Crippen LogP contribution < -0.4 is 5.32 Å². The van der Waals surface area contributed by atoms with Crippen molar-refractivity contribution in [2.24, 2.45) is 0 Å². The molecular formula is C13H22N2O2S. The Hall–Kier alpha value is -0.910.